The van der Waals surface area contributed by atoms with Gasteiger partial charge in [0.15, 0.2) is 6.10 Å². The molecule has 0 radical (unpaired) electrons. The molecule has 0 aromatic rings. The minimum atomic E-state index is -0.811. The van der Waals surface area contributed by atoms with Gasteiger partial charge in [0.25, 0.3) is 0 Å². The molecule has 0 aromatic heterocycles. The molecule has 0 aliphatic heterocycles. The van der Waals surface area contributed by atoms with E-state index < -0.39 is 6.10 Å². The molecule has 0 N–H and O–H groups in total. The Bertz CT molecular complexity index is 1280. The zero-order valence-electron chi connectivity index (χ0n) is 40.8. The highest BCUT2D eigenvalue weighted by Crippen LogP contribution is 2.14. The first-order chi connectivity index (χ1) is 31.0. The van der Waals surface area contributed by atoms with E-state index in [1.165, 1.54) is 70.6 Å². The van der Waals surface area contributed by atoms with Crippen molar-refractivity contribution in [3.05, 3.63) is 97.2 Å². The fraction of sp³-hybridized carbons (Fsp3) is 0.667. The lowest BCUT2D eigenvalue weighted by Gasteiger charge is -2.18. The molecule has 0 saturated carbocycles. The Morgan fingerprint density at radius 2 is 0.635 bits per heavy atom. The molecule has 0 aromatic carbocycles. The number of hydrogen-bond acceptors (Lipinski definition) is 6. The highest BCUT2D eigenvalue weighted by molar-refractivity contribution is 5.71. The van der Waals surface area contributed by atoms with Crippen LogP contribution >= 0.6 is 0 Å². The normalized spacial score (nSPS) is 12.9. The van der Waals surface area contributed by atoms with Crippen LogP contribution in [-0.2, 0) is 28.6 Å². The van der Waals surface area contributed by atoms with E-state index in [0.717, 1.165) is 109 Å². The van der Waals surface area contributed by atoms with Gasteiger partial charge < -0.3 is 14.2 Å². The van der Waals surface area contributed by atoms with E-state index in [1.54, 1.807) is 0 Å². The number of esters is 3. The first-order valence-corrected chi connectivity index (χ1v) is 25.7. The van der Waals surface area contributed by atoms with Gasteiger partial charge in [-0.2, -0.15) is 0 Å². The smallest absolute Gasteiger partial charge is 0.306 e. The summed E-state index contributed by atoms with van der Waals surface area (Å²) in [5, 5.41) is 0. The van der Waals surface area contributed by atoms with E-state index in [0.29, 0.717) is 12.8 Å². The van der Waals surface area contributed by atoms with Gasteiger partial charge in [0.05, 0.1) is 0 Å². The maximum atomic E-state index is 12.8. The number of rotatable bonds is 45. The first kappa shape index (κ1) is 59.3. The third-order valence-electron chi connectivity index (χ3n) is 10.6. The van der Waals surface area contributed by atoms with Crippen LogP contribution in [0.4, 0.5) is 0 Å². The van der Waals surface area contributed by atoms with E-state index in [2.05, 4.69) is 118 Å². The van der Waals surface area contributed by atoms with Crippen molar-refractivity contribution >= 4 is 17.9 Å². The molecule has 0 saturated heterocycles. The van der Waals surface area contributed by atoms with Gasteiger partial charge in [-0.1, -0.05) is 214 Å². The quantitative estimate of drug-likeness (QED) is 0.0262. The van der Waals surface area contributed by atoms with Gasteiger partial charge in [-0.25, -0.2) is 0 Å². The maximum Gasteiger partial charge on any atom is 0.306 e. The SMILES string of the molecule is CC/C=C\C/C=C\C/C=C\C/C=C\C/C=C\CCCC(=O)OCC(COC(=O)CCCCCCCCCCCCCCCC)OC(=O)CCCCCC/C=C\C/C=C\C/C=C\CC. The summed E-state index contributed by atoms with van der Waals surface area (Å²) in [7, 11) is 0. The number of allylic oxidation sites excluding steroid dienone is 16. The number of ether oxygens (including phenoxy) is 3. The molecule has 6 heteroatoms. The number of hydrogen-bond donors (Lipinski definition) is 0. The van der Waals surface area contributed by atoms with Crippen LogP contribution in [0.1, 0.15) is 226 Å². The summed E-state index contributed by atoms with van der Waals surface area (Å²) in [5.41, 5.74) is 0. The Balaban J connectivity index is 4.51. The molecule has 0 heterocycles. The monoisotopic (exact) mass is 875 g/mol. The first-order valence-electron chi connectivity index (χ1n) is 25.7. The predicted molar refractivity (Wildman–Crippen MR) is 270 cm³/mol. The summed E-state index contributed by atoms with van der Waals surface area (Å²) in [5.74, 6) is -0.989. The summed E-state index contributed by atoms with van der Waals surface area (Å²) < 4.78 is 16.7. The van der Waals surface area contributed by atoms with Crippen molar-refractivity contribution in [3.63, 3.8) is 0 Å². The third-order valence-corrected chi connectivity index (χ3v) is 10.6. The topological polar surface area (TPSA) is 78.9 Å². The van der Waals surface area contributed by atoms with Crippen molar-refractivity contribution in [3.8, 4) is 0 Å². The van der Waals surface area contributed by atoms with Gasteiger partial charge in [-0.05, 0) is 89.9 Å². The van der Waals surface area contributed by atoms with E-state index in [1.807, 2.05) is 0 Å². The van der Waals surface area contributed by atoms with Crippen molar-refractivity contribution in [2.45, 2.75) is 232 Å². The van der Waals surface area contributed by atoms with E-state index in [9.17, 15) is 14.4 Å². The number of unbranched alkanes of at least 4 members (excludes halogenated alkanes) is 18. The summed E-state index contributed by atoms with van der Waals surface area (Å²) in [6.07, 6.45) is 66.8. The second-order valence-electron chi connectivity index (χ2n) is 16.7. The Labute approximate surface area is 387 Å². The van der Waals surface area contributed by atoms with Crippen LogP contribution < -0.4 is 0 Å². The van der Waals surface area contributed by atoms with Gasteiger partial charge in [0.2, 0.25) is 0 Å². The fourth-order valence-electron chi connectivity index (χ4n) is 6.79. The molecule has 0 aliphatic rings. The third kappa shape index (κ3) is 49.2. The summed E-state index contributed by atoms with van der Waals surface area (Å²) in [6, 6.07) is 0. The average Bonchev–Trinajstić information content (AvgIpc) is 3.28. The lowest BCUT2D eigenvalue weighted by molar-refractivity contribution is -0.167. The molecule has 0 aliphatic carbocycles. The molecule has 1 atom stereocenters. The van der Waals surface area contributed by atoms with Crippen LogP contribution in [0.2, 0.25) is 0 Å². The van der Waals surface area contributed by atoms with Gasteiger partial charge in [0, 0.05) is 19.3 Å². The minimum absolute atomic E-state index is 0.104. The van der Waals surface area contributed by atoms with Crippen LogP contribution in [0.5, 0.6) is 0 Å². The van der Waals surface area contributed by atoms with Gasteiger partial charge in [-0.15, -0.1) is 0 Å². The van der Waals surface area contributed by atoms with Gasteiger partial charge >= 0.3 is 17.9 Å². The molecular weight excluding hydrogens is 781 g/mol. The highest BCUT2D eigenvalue weighted by Gasteiger charge is 2.19. The van der Waals surface area contributed by atoms with Crippen molar-refractivity contribution in [1.29, 1.82) is 0 Å². The minimum Gasteiger partial charge on any atom is -0.462 e. The molecule has 0 rings (SSSR count). The van der Waals surface area contributed by atoms with Crippen molar-refractivity contribution in [1.82, 2.24) is 0 Å². The molecule has 0 spiro atoms. The molecule has 6 nitrogen and oxygen atoms in total. The molecule has 63 heavy (non-hydrogen) atoms. The van der Waals surface area contributed by atoms with Crippen LogP contribution in [0.15, 0.2) is 97.2 Å². The molecule has 1 unspecified atom stereocenters. The lowest BCUT2D eigenvalue weighted by atomic mass is 10.0. The second kappa shape index (κ2) is 51.0. The predicted octanol–water partition coefficient (Wildman–Crippen LogP) is 17.0. The lowest BCUT2D eigenvalue weighted by Crippen LogP contribution is -2.30. The molecule has 0 fully saturated rings. The van der Waals surface area contributed by atoms with Crippen molar-refractivity contribution in [2.24, 2.45) is 0 Å². The maximum absolute atomic E-state index is 12.8. The second-order valence-corrected chi connectivity index (χ2v) is 16.7. The van der Waals surface area contributed by atoms with Crippen LogP contribution in [0.25, 0.3) is 0 Å². The summed E-state index contributed by atoms with van der Waals surface area (Å²) in [6.45, 7) is 6.34. The van der Waals surface area contributed by atoms with E-state index in [-0.39, 0.29) is 44.0 Å². The Kier molecular flexibility index (Phi) is 48.0. The molecule has 0 bridgehead atoms. The molecule has 358 valence electrons. The number of carbonyl (C=O) groups excluding carboxylic acids is 3. The summed E-state index contributed by atoms with van der Waals surface area (Å²) in [4.78, 5) is 38.0. The summed E-state index contributed by atoms with van der Waals surface area (Å²) >= 11 is 0. The Morgan fingerprint density at radius 3 is 1.03 bits per heavy atom. The van der Waals surface area contributed by atoms with Crippen molar-refractivity contribution in [2.75, 3.05) is 13.2 Å². The van der Waals surface area contributed by atoms with Crippen LogP contribution in [0.3, 0.4) is 0 Å². The van der Waals surface area contributed by atoms with E-state index in [4.69, 9.17) is 14.2 Å². The van der Waals surface area contributed by atoms with Gasteiger partial charge in [0.1, 0.15) is 13.2 Å². The molecular formula is C57H94O6. The molecule has 0 amide bonds. The highest BCUT2D eigenvalue weighted by atomic mass is 16.6. The van der Waals surface area contributed by atoms with Gasteiger partial charge in [-0.3, -0.25) is 14.4 Å². The Morgan fingerprint density at radius 1 is 0.333 bits per heavy atom. The fourth-order valence-corrected chi connectivity index (χ4v) is 6.79. The van der Waals surface area contributed by atoms with Crippen molar-refractivity contribution < 1.29 is 28.6 Å². The Hall–Kier alpha value is -3.67. The average molecular weight is 875 g/mol. The zero-order chi connectivity index (χ0) is 45.8. The zero-order valence-corrected chi connectivity index (χ0v) is 40.8. The largest absolute Gasteiger partial charge is 0.462 e. The number of carbonyl (C=O) groups is 3. The van der Waals surface area contributed by atoms with Crippen LogP contribution in [0, 0.1) is 0 Å². The van der Waals surface area contributed by atoms with E-state index >= 15 is 0 Å². The standard InChI is InChI=1S/C57H94O6/c1-4-7-10-13-16-19-22-25-28-29-30-33-35-38-41-44-47-50-56(59)62-53-54(63-57(60)51-48-45-42-39-36-32-27-24-21-18-15-12-9-6-3)52-61-55(58)49-46-43-40-37-34-31-26-23-20-17-14-11-8-5-2/h7,9-10,12,16,18-19,21,25,27-28,30,32-33,38,41,54H,4-6,8,11,13-15,17,20,22-24,26,29,31,34-37,39-40,42-53H2,1-3H3/b10-7-,12-9-,19-16-,21-18-,28-25-,32-27-,33-30-,41-38-. The van der Waals surface area contributed by atoms with Crippen LogP contribution in [-0.4, -0.2) is 37.2 Å².